The maximum Gasteiger partial charge on any atom is 0.259 e. The molecule has 2 aliphatic rings. The molecule has 2 heterocycles. The molecule has 0 saturated heterocycles. The number of hydrogen-bond donors (Lipinski definition) is 1. The van der Waals surface area contributed by atoms with Gasteiger partial charge in [0.2, 0.25) is 5.88 Å². The number of nitrogens with two attached hydrogens (primary N) is 1. The maximum atomic E-state index is 14.1. The zero-order valence-electron chi connectivity index (χ0n) is 16.5. The van der Waals surface area contributed by atoms with Gasteiger partial charge in [-0.3, -0.25) is 9.59 Å². The first-order valence-corrected chi connectivity index (χ1v) is 9.79. The van der Waals surface area contributed by atoms with Gasteiger partial charge in [0.25, 0.3) is 5.56 Å². The number of rotatable bonds is 0. The molecular formula is C25H15N3O3. The van der Waals surface area contributed by atoms with Crippen molar-refractivity contribution in [2.45, 2.75) is 5.41 Å². The third-order valence-corrected chi connectivity index (χ3v) is 6.47. The number of allylic oxidation sites excluding steroid dienone is 1. The number of ether oxygens (including phenoxy) is 1. The summed E-state index contributed by atoms with van der Waals surface area (Å²) in [5, 5.41) is 12.4. The van der Waals surface area contributed by atoms with Gasteiger partial charge in [-0.1, -0.05) is 48.5 Å². The number of para-hydroxylation sites is 1. The predicted molar refractivity (Wildman–Crippen MR) is 116 cm³/mol. The van der Waals surface area contributed by atoms with E-state index in [4.69, 9.17) is 10.5 Å². The van der Waals surface area contributed by atoms with Crippen LogP contribution in [0.5, 0.6) is 5.75 Å². The third-order valence-electron chi connectivity index (χ3n) is 6.47. The van der Waals surface area contributed by atoms with Crippen LogP contribution >= 0.6 is 0 Å². The molecule has 0 saturated carbocycles. The minimum Gasteiger partial charge on any atom is -0.439 e. The predicted octanol–water partition coefficient (Wildman–Crippen LogP) is 3.26. The number of carbonyl (C=O) groups is 1. The molecule has 0 radical (unpaired) electrons. The van der Waals surface area contributed by atoms with E-state index in [-0.39, 0.29) is 28.6 Å². The van der Waals surface area contributed by atoms with Crippen molar-refractivity contribution < 1.29 is 9.53 Å². The second kappa shape index (κ2) is 5.61. The maximum absolute atomic E-state index is 14.1. The van der Waals surface area contributed by atoms with Crippen LogP contribution in [0, 0.1) is 11.3 Å². The molecule has 6 rings (SSSR count). The summed E-state index contributed by atoms with van der Waals surface area (Å²) in [4.78, 5) is 27.8. The molecule has 4 aromatic rings. The first-order valence-electron chi connectivity index (χ1n) is 9.79. The van der Waals surface area contributed by atoms with E-state index < -0.39 is 11.0 Å². The summed E-state index contributed by atoms with van der Waals surface area (Å²) in [7, 11) is 1.65. The van der Waals surface area contributed by atoms with E-state index in [1.807, 2.05) is 36.4 Å². The van der Waals surface area contributed by atoms with Crippen LogP contribution in [0.15, 0.2) is 76.9 Å². The van der Waals surface area contributed by atoms with Crippen LogP contribution in [0.2, 0.25) is 0 Å². The zero-order chi connectivity index (χ0) is 21.5. The molecule has 6 nitrogen and oxygen atoms in total. The highest BCUT2D eigenvalue weighted by atomic mass is 16.5. The summed E-state index contributed by atoms with van der Waals surface area (Å²) in [6.07, 6.45) is 0. The first kappa shape index (κ1) is 17.5. The highest BCUT2D eigenvalue weighted by molar-refractivity contribution is 6.24. The summed E-state index contributed by atoms with van der Waals surface area (Å²) in [6.45, 7) is 0. The zero-order valence-corrected chi connectivity index (χ0v) is 16.5. The van der Waals surface area contributed by atoms with E-state index in [0.717, 1.165) is 10.8 Å². The quantitative estimate of drug-likeness (QED) is 0.484. The van der Waals surface area contributed by atoms with Crippen LogP contribution in [0.4, 0.5) is 0 Å². The molecule has 1 spiro atoms. The van der Waals surface area contributed by atoms with E-state index >= 15 is 0 Å². The van der Waals surface area contributed by atoms with Gasteiger partial charge in [0.05, 0.1) is 11.1 Å². The van der Waals surface area contributed by atoms with Gasteiger partial charge in [-0.2, -0.15) is 5.26 Å². The van der Waals surface area contributed by atoms with Gasteiger partial charge in [-0.05, 0) is 28.5 Å². The van der Waals surface area contributed by atoms with Crippen molar-refractivity contribution in [2.75, 3.05) is 0 Å². The van der Waals surface area contributed by atoms with Gasteiger partial charge in [0.1, 0.15) is 22.8 Å². The highest BCUT2D eigenvalue weighted by Gasteiger charge is 2.58. The molecule has 0 bridgehead atoms. The van der Waals surface area contributed by atoms with E-state index in [1.54, 1.807) is 31.3 Å². The van der Waals surface area contributed by atoms with Gasteiger partial charge < -0.3 is 15.0 Å². The summed E-state index contributed by atoms with van der Waals surface area (Å²) >= 11 is 0. The third kappa shape index (κ3) is 1.82. The number of pyridine rings is 1. The summed E-state index contributed by atoms with van der Waals surface area (Å²) in [5.74, 6) is -0.268. The van der Waals surface area contributed by atoms with Crippen LogP contribution in [0.3, 0.4) is 0 Å². The number of nitrogens with zero attached hydrogens (tertiary/aromatic N) is 2. The molecule has 1 aliphatic carbocycles. The molecule has 6 heteroatoms. The summed E-state index contributed by atoms with van der Waals surface area (Å²) in [6, 6.07) is 20.3. The molecule has 1 aliphatic heterocycles. The number of aryl methyl sites for hydroxylation is 1. The molecule has 3 aromatic carbocycles. The summed E-state index contributed by atoms with van der Waals surface area (Å²) in [5.41, 5.74) is 5.98. The fourth-order valence-electron chi connectivity index (χ4n) is 5.18. The number of benzene rings is 3. The molecule has 0 fully saturated rings. The lowest BCUT2D eigenvalue weighted by Gasteiger charge is -2.35. The SMILES string of the molecule is Cn1c(=O)c2c(c3ccccc31)OC(N)=C(C#N)C21C(=O)c2cccc3cccc1c23. The fraction of sp³-hybridized carbons (Fsp3) is 0.0800. The van der Waals surface area contributed by atoms with Crippen molar-refractivity contribution in [1.82, 2.24) is 4.57 Å². The van der Waals surface area contributed by atoms with Gasteiger partial charge in [-0.25, -0.2) is 0 Å². The highest BCUT2D eigenvalue weighted by Crippen LogP contribution is 2.55. The smallest absolute Gasteiger partial charge is 0.259 e. The van der Waals surface area contributed by atoms with Crippen molar-refractivity contribution in [3.8, 4) is 11.8 Å². The van der Waals surface area contributed by atoms with Crippen LogP contribution in [-0.2, 0) is 12.5 Å². The van der Waals surface area contributed by atoms with E-state index in [9.17, 15) is 14.9 Å². The number of fused-ring (bicyclic) bond motifs is 5. The van der Waals surface area contributed by atoms with E-state index in [1.165, 1.54) is 4.57 Å². The monoisotopic (exact) mass is 405 g/mol. The molecule has 2 N–H and O–H groups in total. The van der Waals surface area contributed by atoms with Crippen molar-refractivity contribution >= 4 is 27.5 Å². The Kier molecular flexibility index (Phi) is 3.17. The Morgan fingerprint density at radius 2 is 1.77 bits per heavy atom. The van der Waals surface area contributed by atoms with E-state index in [2.05, 4.69) is 6.07 Å². The van der Waals surface area contributed by atoms with Crippen molar-refractivity contribution in [3.63, 3.8) is 0 Å². The number of aromatic nitrogens is 1. The number of hydrogen-bond acceptors (Lipinski definition) is 5. The largest absolute Gasteiger partial charge is 0.439 e. The van der Waals surface area contributed by atoms with Crippen molar-refractivity contribution in [3.05, 3.63) is 99.2 Å². The molecule has 0 amide bonds. The Labute approximate surface area is 176 Å². The Bertz CT molecular complexity index is 1630. The van der Waals surface area contributed by atoms with Gasteiger partial charge in [0.15, 0.2) is 5.78 Å². The Hall–Kier alpha value is -4.37. The molecule has 1 unspecified atom stereocenters. The lowest BCUT2D eigenvalue weighted by molar-refractivity contribution is 0.0936. The van der Waals surface area contributed by atoms with Gasteiger partial charge in [0, 0.05) is 18.0 Å². The van der Waals surface area contributed by atoms with Crippen LogP contribution in [0.25, 0.3) is 21.7 Å². The molecular weight excluding hydrogens is 390 g/mol. The number of ketones is 1. The van der Waals surface area contributed by atoms with Crippen LogP contribution in [0.1, 0.15) is 21.5 Å². The standard InChI is InChI=1S/C25H15N3O3/c1-28-18-11-3-2-8-14(18)21-20(24(28)30)25(17(12-26)23(27)31-21)16-10-5-7-13-6-4-9-15(19(13)16)22(25)29/h2-11H,27H2,1H3. The minimum absolute atomic E-state index is 0.0546. The fourth-order valence-corrected chi connectivity index (χ4v) is 5.18. The van der Waals surface area contributed by atoms with Crippen molar-refractivity contribution in [2.24, 2.45) is 12.8 Å². The Morgan fingerprint density at radius 3 is 2.55 bits per heavy atom. The lowest BCUT2D eigenvalue weighted by atomic mass is 9.67. The normalized spacial score (nSPS) is 19.0. The number of Topliss-reactive ketones (excluding diaryl/α,β-unsaturated/α-hetero) is 1. The number of carbonyl (C=O) groups excluding carboxylic acids is 1. The molecule has 148 valence electrons. The van der Waals surface area contributed by atoms with Gasteiger partial charge >= 0.3 is 0 Å². The topological polar surface area (TPSA) is 98.1 Å². The van der Waals surface area contributed by atoms with Gasteiger partial charge in [-0.15, -0.1) is 0 Å². The van der Waals surface area contributed by atoms with Crippen LogP contribution in [-0.4, -0.2) is 10.4 Å². The Morgan fingerprint density at radius 1 is 1.03 bits per heavy atom. The average molecular weight is 405 g/mol. The molecule has 1 aromatic heterocycles. The summed E-state index contributed by atoms with van der Waals surface area (Å²) < 4.78 is 7.38. The second-order valence-electron chi connectivity index (χ2n) is 7.83. The number of nitriles is 1. The lowest BCUT2D eigenvalue weighted by Crippen LogP contribution is -2.46. The minimum atomic E-state index is -1.64. The van der Waals surface area contributed by atoms with Crippen LogP contribution < -0.4 is 16.0 Å². The average Bonchev–Trinajstić information content (AvgIpc) is 3.03. The second-order valence-corrected chi connectivity index (χ2v) is 7.83. The molecule has 1 atom stereocenters. The first-order chi connectivity index (χ1) is 15.0. The molecule has 31 heavy (non-hydrogen) atoms. The van der Waals surface area contributed by atoms with Crippen molar-refractivity contribution in [1.29, 1.82) is 5.26 Å². The Balaban J connectivity index is 1.91. The van der Waals surface area contributed by atoms with E-state index in [0.29, 0.717) is 22.0 Å².